The van der Waals surface area contributed by atoms with Crippen molar-refractivity contribution in [3.63, 3.8) is 0 Å². The summed E-state index contributed by atoms with van der Waals surface area (Å²) in [7, 11) is -3.20. The highest BCUT2D eigenvalue weighted by Crippen LogP contribution is 2.39. The van der Waals surface area contributed by atoms with E-state index in [1.807, 2.05) is 0 Å². The number of morpholine rings is 1. The molecule has 204 valence electrons. The molecule has 1 saturated heterocycles. The first-order valence-corrected chi connectivity index (χ1v) is 14.5. The number of carbonyl (C=O) groups excluding carboxylic acids is 1. The van der Waals surface area contributed by atoms with Crippen LogP contribution in [-0.4, -0.2) is 87.5 Å². The van der Waals surface area contributed by atoms with Crippen LogP contribution in [0.25, 0.3) is 0 Å². The second-order valence-electron chi connectivity index (χ2n) is 8.05. The van der Waals surface area contributed by atoms with Crippen LogP contribution in [0.4, 0.5) is 5.69 Å². The van der Waals surface area contributed by atoms with Crippen LogP contribution in [0.2, 0.25) is 0 Å². The maximum Gasteiger partial charge on any atom is 0.243 e. The van der Waals surface area contributed by atoms with E-state index in [0.717, 1.165) is 10.6 Å². The molecule has 2 aromatic carbocycles. The first-order chi connectivity index (χ1) is 17.5. The fourth-order valence-corrected chi connectivity index (χ4v) is 6.07. The lowest BCUT2D eigenvalue weighted by Crippen LogP contribution is -2.41. The molecule has 37 heavy (non-hydrogen) atoms. The minimum absolute atomic E-state index is 0.0246. The lowest BCUT2D eigenvalue weighted by atomic mass is 10.1. The average molecular weight is 558 g/mol. The Morgan fingerprint density at radius 1 is 0.946 bits per heavy atom. The maximum atomic E-state index is 12.8. The van der Waals surface area contributed by atoms with E-state index in [9.17, 15) is 21.6 Å². The highest BCUT2D eigenvalue weighted by Gasteiger charge is 2.27. The number of rotatable bonds is 11. The van der Waals surface area contributed by atoms with E-state index in [1.54, 1.807) is 12.1 Å². The number of nitrogens with zero attached hydrogens (tertiary/aromatic N) is 2. The molecule has 1 heterocycles. The molecular formula is C23H31N3O9S2. The zero-order valence-corrected chi connectivity index (χ0v) is 22.7. The predicted octanol–water partition coefficient (Wildman–Crippen LogP) is 0.816. The zero-order valence-electron chi connectivity index (χ0n) is 21.1. The SMILES string of the molecule is COc1ccc(CNC(=O)CN(c2ccc(S(=O)(=O)N3CCOCC3)cc2)S(C)(=O)=O)c(OC)c1OC. The van der Waals surface area contributed by atoms with Crippen molar-refractivity contribution in [2.45, 2.75) is 11.4 Å². The van der Waals surface area contributed by atoms with Gasteiger partial charge in [0.05, 0.1) is 51.4 Å². The highest BCUT2D eigenvalue weighted by atomic mass is 32.2. The van der Waals surface area contributed by atoms with Crippen LogP contribution in [0, 0.1) is 0 Å². The fourth-order valence-electron chi connectivity index (χ4n) is 3.80. The van der Waals surface area contributed by atoms with Crippen LogP contribution in [0.5, 0.6) is 17.2 Å². The molecule has 1 amide bonds. The molecule has 0 saturated carbocycles. The van der Waals surface area contributed by atoms with Crippen molar-refractivity contribution >= 4 is 31.6 Å². The van der Waals surface area contributed by atoms with Gasteiger partial charge in [-0.2, -0.15) is 4.31 Å². The molecule has 0 aliphatic carbocycles. The molecule has 1 N–H and O–H groups in total. The molecule has 2 aromatic rings. The van der Waals surface area contributed by atoms with Gasteiger partial charge in [-0.15, -0.1) is 0 Å². The summed E-state index contributed by atoms with van der Waals surface area (Å²) in [5.41, 5.74) is 0.749. The Labute approximate surface area is 217 Å². The molecule has 3 rings (SSSR count). The monoisotopic (exact) mass is 557 g/mol. The zero-order chi connectivity index (χ0) is 27.2. The molecule has 1 aliphatic rings. The summed E-state index contributed by atoms with van der Waals surface area (Å²) in [5.74, 6) is 0.616. The smallest absolute Gasteiger partial charge is 0.243 e. The third-order valence-electron chi connectivity index (χ3n) is 5.68. The number of benzene rings is 2. The molecule has 14 heteroatoms. The lowest BCUT2D eigenvalue weighted by molar-refractivity contribution is -0.119. The van der Waals surface area contributed by atoms with Crippen molar-refractivity contribution < 1.29 is 40.6 Å². The summed E-state index contributed by atoms with van der Waals surface area (Å²) in [5, 5.41) is 2.68. The summed E-state index contributed by atoms with van der Waals surface area (Å²) in [6, 6.07) is 8.73. The number of methoxy groups -OCH3 is 3. The van der Waals surface area contributed by atoms with Crippen LogP contribution in [0.15, 0.2) is 41.3 Å². The van der Waals surface area contributed by atoms with Crippen LogP contribution in [0.3, 0.4) is 0 Å². The van der Waals surface area contributed by atoms with Gasteiger partial charge in [0.15, 0.2) is 11.5 Å². The van der Waals surface area contributed by atoms with E-state index >= 15 is 0 Å². The van der Waals surface area contributed by atoms with Gasteiger partial charge in [-0.3, -0.25) is 9.10 Å². The van der Waals surface area contributed by atoms with E-state index in [2.05, 4.69) is 5.32 Å². The standard InChI is InChI=1S/C23H31N3O9S2/c1-32-20-10-5-17(22(33-2)23(20)34-3)15-24-21(27)16-26(36(4,28)29)18-6-8-19(9-7-18)37(30,31)25-11-13-35-14-12-25/h5-10H,11-16H2,1-4H3,(H,24,27). The summed E-state index contributed by atoms with van der Waals surface area (Å²) < 4.78 is 74.1. The normalized spacial score (nSPS) is 14.6. The Morgan fingerprint density at radius 2 is 1.57 bits per heavy atom. The molecule has 0 spiro atoms. The van der Waals surface area contributed by atoms with Gasteiger partial charge in [0.2, 0.25) is 31.7 Å². The van der Waals surface area contributed by atoms with E-state index in [-0.39, 0.29) is 30.2 Å². The second-order valence-corrected chi connectivity index (χ2v) is 11.9. The van der Waals surface area contributed by atoms with Gasteiger partial charge in [-0.25, -0.2) is 16.8 Å². The Balaban J connectivity index is 1.75. The molecular weight excluding hydrogens is 526 g/mol. The number of hydrogen-bond donors (Lipinski definition) is 1. The van der Waals surface area contributed by atoms with E-state index in [1.165, 1.54) is 49.9 Å². The van der Waals surface area contributed by atoms with Gasteiger partial charge in [0, 0.05) is 25.2 Å². The largest absolute Gasteiger partial charge is 0.493 e. The topological polar surface area (TPSA) is 141 Å². The van der Waals surface area contributed by atoms with Crippen molar-refractivity contribution in [2.24, 2.45) is 0 Å². The number of ether oxygens (including phenoxy) is 4. The number of carbonyl (C=O) groups is 1. The van der Waals surface area contributed by atoms with Crippen LogP contribution in [0.1, 0.15) is 5.56 Å². The van der Waals surface area contributed by atoms with Crippen LogP contribution in [-0.2, 0) is 36.1 Å². The number of amides is 1. The first kappa shape index (κ1) is 28.5. The molecule has 0 unspecified atom stereocenters. The molecule has 1 fully saturated rings. The van der Waals surface area contributed by atoms with E-state index < -0.39 is 32.5 Å². The summed E-state index contributed by atoms with van der Waals surface area (Å²) >= 11 is 0. The lowest BCUT2D eigenvalue weighted by Gasteiger charge is -2.26. The van der Waals surface area contributed by atoms with Crippen LogP contribution >= 0.6 is 0 Å². The maximum absolute atomic E-state index is 12.8. The molecule has 0 atom stereocenters. The molecule has 0 radical (unpaired) electrons. The van der Waals surface area contributed by atoms with E-state index in [0.29, 0.717) is 36.0 Å². The Kier molecular flexibility index (Phi) is 9.23. The Morgan fingerprint density at radius 3 is 2.11 bits per heavy atom. The predicted molar refractivity (Wildman–Crippen MR) is 136 cm³/mol. The van der Waals surface area contributed by atoms with Crippen molar-refractivity contribution in [3.8, 4) is 17.2 Å². The van der Waals surface area contributed by atoms with Crippen molar-refractivity contribution in [1.29, 1.82) is 0 Å². The van der Waals surface area contributed by atoms with Gasteiger partial charge in [0.25, 0.3) is 0 Å². The highest BCUT2D eigenvalue weighted by molar-refractivity contribution is 7.92. The van der Waals surface area contributed by atoms with Gasteiger partial charge >= 0.3 is 0 Å². The van der Waals surface area contributed by atoms with Crippen molar-refractivity contribution in [2.75, 3.05) is 64.7 Å². The third-order valence-corrected chi connectivity index (χ3v) is 8.74. The van der Waals surface area contributed by atoms with Gasteiger partial charge in [0.1, 0.15) is 6.54 Å². The van der Waals surface area contributed by atoms with Crippen LogP contribution < -0.4 is 23.8 Å². The molecule has 0 aromatic heterocycles. The Hall–Kier alpha value is -3.07. The number of hydrogen-bond acceptors (Lipinski definition) is 9. The summed E-state index contributed by atoms with van der Waals surface area (Å²) in [6.45, 7) is 0.628. The van der Waals surface area contributed by atoms with Crippen molar-refractivity contribution in [3.05, 3.63) is 42.0 Å². The van der Waals surface area contributed by atoms with Gasteiger partial charge < -0.3 is 24.3 Å². The quantitative estimate of drug-likeness (QED) is 0.425. The summed E-state index contributed by atoms with van der Waals surface area (Å²) in [4.78, 5) is 12.8. The third kappa shape index (κ3) is 6.63. The van der Waals surface area contributed by atoms with E-state index in [4.69, 9.17) is 18.9 Å². The molecule has 0 bridgehead atoms. The van der Waals surface area contributed by atoms with Gasteiger partial charge in [-0.1, -0.05) is 0 Å². The number of nitrogens with one attached hydrogen (secondary N) is 1. The second kappa shape index (κ2) is 12.0. The fraction of sp³-hybridized carbons (Fsp3) is 0.435. The average Bonchev–Trinajstić information content (AvgIpc) is 2.89. The number of sulfonamides is 2. The first-order valence-electron chi connectivity index (χ1n) is 11.2. The summed E-state index contributed by atoms with van der Waals surface area (Å²) in [6.07, 6.45) is 0.968. The molecule has 1 aliphatic heterocycles. The minimum atomic E-state index is -3.86. The molecule has 12 nitrogen and oxygen atoms in total. The number of anilines is 1. The van der Waals surface area contributed by atoms with Crippen molar-refractivity contribution in [1.82, 2.24) is 9.62 Å². The van der Waals surface area contributed by atoms with Gasteiger partial charge in [-0.05, 0) is 36.4 Å². The Bertz CT molecular complexity index is 1310. The minimum Gasteiger partial charge on any atom is -0.493 e.